The second-order valence-corrected chi connectivity index (χ2v) is 4.07. The van der Waals surface area contributed by atoms with Gasteiger partial charge in [-0.2, -0.15) is 0 Å². The molecule has 0 atom stereocenters. The van der Waals surface area contributed by atoms with Gasteiger partial charge in [0.15, 0.2) is 0 Å². The molecule has 3 aromatic rings. The fourth-order valence-corrected chi connectivity index (χ4v) is 1.95. The molecule has 0 radical (unpaired) electrons. The summed E-state index contributed by atoms with van der Waals surface area (Å²) in [5.74, 6) is 2.43. The summed E-state index contributed by atoms with van der Waals surface area (Å²) >= 11 is 0. The van der Waals surface area contributed by atoms with Crippen molar-refractivity contribution in [2.75, 3.05) is 0 Å². The van der Waals surface area contributed by atoms with E-state index in [1.165, 1.54) is 21.5 Å². The number of terminal acetylenes is 1. The van der Waals surface area contributed by atoms with Gasteiger partial charge in [0, 0.05) is 6.42 Å². The van der Waals surface area contributed by atoms with E-state index in [1.54, 1.807) is 0 Å². The molecule has 3 aromatic carbocycles. The van der Waals surface area contributed by atoms with Crippen LogP contribution in [-0.4, -0.2) is 0 Å². The van der Waals surface area contributed by atoms with Crippen molar-refractivity contribution in [1.82, 2.24) is 0 Å². The smallest absolute Gasteiger partial charge is 0.00576 e. The van der Waals surface area contributed by atoms with Gasteiger partial charge in [-0.1, -0.05) is 67.6 Å². The van der Waals surface area contributed by atoms with E-state index in [9.17, 15) is 0 Å². The summed E-state index contributed by atoms with van der Waals surface area (Å²) in [4.78, 5) is 0. The minimum Gasteiger partial charge on any atom is -0.120 e. The maximum absolute atomic E-state index is 4.78. The zero-order valence-corrected chi connectivity index (χ0v) is 10.6. The van der Waals surface area contributed by atoms with Crippen LogP contribution < -0.4 is 0 Å². The molecule has 0 heterocycles. The quantitative estimate of drug-likeness (QED) is 0.377. The standard InChI is InChI=1S/C14H10.C4H6/c1-3-7-13-11(5-1)9-10-12-6-2-4-8-14(12)13;1-3-4-2/h1-10H;1H,4H2,2H3. The molecule has 0 N–H and O–H groups in total. The normalized spacial score (nSPS) is 9.56. The summed E-state index contributed by atoms with van der Waals surface area (Å²) in [7, 11) is 0. The van der Waals surface area contributed by atoms with Crippen LogP contribution in [0.15, 0.2) is 60.7 Å². The average molecular weight is 232 g/mol. The molecule has 18 heavy (non-hydrogen) atoms. The fraction of sp³-hybridized carbons (Fsp3) is 0.111. The highest BCUT2D eigenvalue weighted by atomic mass is 14.0. The minimum absolute atomic E-state index is 0.847. The van der Waals surface area contributed by atoms with Crippen molar-refractivity contribution in [2.45, 2.75) is 13.3 Å². The Morgan fingerprint density at radius 3 is 1.56 bits per heavy atom. The van der Waals surface area contributed by atoms with Crippen LogP contribution in [0.3, 0.4) is 0 Å². The molecule has 0 amide bonds. The molecule has 0 aliphatic heterocycles. The molecule has 0 nitrogen and oxygen atoms in total. The zero-order chi connectivity index (χ0) is 12.8. The maximum atomic E-state index is 4.78. The molecule has 0 spiro atoms. The number of rotatable bonds is 0. The highest BCUT2D eigenvalue weighted by molar-refractivity contribution is 6.07. The Labute approximate surface area is 108 Å². The van der Waals surface area contributed by atoms with Gasteiger partial charge in [-0.3, -0.25) is 0 Å². The molecule has 0 unspecified atom stereocenters. The lowest BCUT2D eigenvalue weighted by Crippen LogP contribution is -1.75. The van der Waals surface area contributed by atoms with Crippen LogP contribution in [0.2, 0.25) is 0 Å². The number of benzene rings is 3. The molecule has 0 saturated heterocycles. The molecule has 88 valence electrons. The molecular formula is C18H16. The Morgan fingerprint density at radius 1 is 0.778 bits per heavy atom. The van der Waals surface area contributed by atoms with Gasteiger partial charge in [-0.15, -0.1) is 12.3 Å². The molecule has 0 heteroatoms. The molecule has 0 aliphatic rings. The van der Waals surface area contributed by atoms with Crippen LogP contribution in [0.4, 0.5) is 0 Å². The third kappa shape index (κ3) is 2.52. The summed E-state index contributed by atoms with van der Waals surface area (Å²) in [6.45, 7) is 1.94. The Kier molecular flexibility index (Phi) is 3.99. The fourth-order valence-electron chi connectivity index (χ4n) is 1.95. The maximum Gasteiger partial charge on any atom is 0.00576 e. The van der Waals surface area contributed by atoms with E-state index >= 15 is 0 Å². The topological polar surface area (TPSA) is 0 Å². The van der Waals surface area contributed by atoms with Gasteiger partial charge in [-0.25, -0.2) is 0 Å². The number of hydrogen-bond donors (Lipinski definition) is 0. The van der Waals surface area contributed by atoms with Gasteiger partial charge in [0.05, 0.1) is 0 Å². The van der Waals surface area contributed by atoms with Gasteiger partial charge < -0.3 is 0 Å². The van der Waals surface area contributed by atoms with Gasteiger partial charge in [0.25, 0.3) is 0 Å². The van der Waals surface area contributed by atoms with Crippen molar-refractivity contribution in [3.63, 3.8) is 0 Å². The van der Waals surface area contributed by atoms with Crippen molar-refractivity contribution < 1.29 is 0 Å². The SMILES string of the molecule is C#CCC.c1ccc2c(c1)ccc1ccccc12. The first-order valence-corrected chi connectivity index (χ1v) is 6.16. The van der Waals surface area contributed by atoms with E-state index in [0.717, 1.165) is 6.42 Å². The second kappa shape index (κ2) is 5.89. The number of hydrogen-bond acceptors (Lipinski definition) is 0. The third-order valence-corrected chi connectivity index (χ3v) is 2.86. The van der Waals surface area contributed by atoms with Crippen molar-refractivity contribution in [2.24, 2.45) is 0 Å². The summed E-state index contributed by atoms with van der Waals surface area (Å²) in [6.07, 6.45) is 5.62. The molecular weight excluding hydrogens is 216 g/mol. The first kappa shape index (κ1) is 12.2. The summed E-state index contributed by atoms with van der Waals surface area (Å²) < 4.78 is 0. The van der Waals surface area contributed by atoms with E-state index in [2.05, 4.69) is 66.6 Å². The lowest BCUT2D eigenvalue weighted by Gasteiger charge is -2.02. The van der Waals surface area contributed by atoms with Crippen molar-refractivity contribution in [3.05, 3.63) is 60.7 Å². The summed E-state index contributed by atoms with van der Waals surface area (Å²) in [6, 6.07) is 21.4. The molecule has 0 saturated carbocycles. The Balaban J connectivity index is 0.000000267. The van der Waals surface area contributed by atoms with E-state index in [1.807, 2.05) is 6.92 Å². The third-order valence-electron chi connectivity index (χ3n) is 2.86. The Hall–Kier alpha value is -2.26. The van der Waals surface area contributed by atoms with E-state index < -0.39 is 0 Å². The van der Waals surface area contributed by atoms with Gasteiger partial charge >= 0.3 is 0 Å². The predicted molar refractivity (Wildman–Crippen MR) is 80.6 cm³/mol. The van der Waals surface area contributed by atoms with E-state index in [4.69, 9.17) is 6.42 Å². The Bertz CT molecular complexity index is 632. The van der Waals surface area contributed by atoms with Gasteiger partial charge in [-0.05, 0) is 21.5 Å². The van der Waals surface area contributed by atoms with Gasteiger partial charge in [0.1, 0.15) is 0 Å². The van der Waals surface area contributed by atoms with Crippen LogP contribution in [0.1, 0.15) is 13.3 Å². The molecule has 3 rings (SSSR count). The molecule has 0 aliphatic carbocycles. The lowest BCUT2D eigenvalue weighted by atomic mass is 10.0. The Morgan fingerprint density at radius 2 is 1.17 bits per heavy atom. The van der Waals surface area contributed by atoms with Gasteiger partial charge in [0.2, 0.25) is 0 Å². The summed E-state index contributed by atoms with van der Waals surface area (Å²) in [5.41, 5.74) is 0. The van der Waals surface area contributed by atoms with E-state index in [0.29, 0.717) is 0 Å². The second-order valence-electron chi connectivity index (χ2n) is 4.07. The monoisotopic (exact) mass is 232 g/mol. The van der Waals surface area contributed by atoms with Crippen molar-refractivity contribution >= 4 is 21.5 Å². The van der Waals surface area contributed by atoms with Crippen LogP contribution >= 0.6 is 0 Å². The highest BCUT2D eigenvalue weighted by Crippen LogP contribution is 2.24. The van der Waals surface area contributed by atoms with Crippen LogP contribution in [0.5, 0.6) is 0 Å². The largest absolute Gasteiger partial charge is 0.120 e. The highest BCUT2D eigenvalue weighted by Gasteiger charge is 1.97. The molecule has 0 bridgehead atoms. The number of fused-ring (bicyclic) bond motifs is 3. The molecule has 0 aromatic heterocycles. The lowest BCUT2D eigenvalue weighted by molar-refractivity contribution is 1.28. The first-order chi connectivity index (χ1) is 8.86. The first-order valence-electron chi connectivity index (χ1n) is 6.16. The van der Waals surface area contributed by atoms with Crippen molar-refractivity contribution in [3.8, 4) is 12.3 Å². The molecule has 0 fully saturated rings. The van der Waals surface area contributed by atoms with Crippen molar-refractivity contribution in [1.29, 1.82) is 0 Å². The van der Waals surface area contributed by atoms with Crippen LogP contribution in [-0.2, 0) is 0 Å². The predicted octanol–water partition coefficient (Wildman–Crippen LogP) is 5.02. The van der Waals surface area contributed by atoms with E-state index in [-0.39, 0.29) is 0 Å². The average Bonchev–Trinajstić information content (AvgIpc) is 2.47. The van der Waals surface area contributed by atoms with Crippen LogP contribution in [0.25, 0.3) is 21.5 Å². The summed E-state index contributed by atoms with van der Waals surface area (Å²) in [5, 5.41) is 5.30. The minimum atomic E-state index is 0.847. The van der Waals surface area contributed by atoms with Crippen LogP contribution in [0, 0.1) is 12.3 Å². The zero-order valence-electron chi connectivity index (χ0n) is 10.6.